The van der Waals surface area contributed by atoms with Crippen LogP contribution in [0.25, 0.3) is 0 Å². The lowest BCUT2D eigenvalue weighted by atomic mass is 9.59. The smallest absolute Gasteiger partial charge is 0.331 e. The molecule has 4 atom stereocenters. The maximum Gasteiger partial charge on any atom is 0.331 e. The Balaban J connectivity index is 1.03. The largest absolute Gasteiger partial charge is 0.493 e. The summed E-state index contributed by atoms with van der Waals surface area (Å²) < 4.78 is 56.3. The summed E-state index contributed by atoms with van der Waals surface area (Å²) in [5.74, 6) is 2.63. The number of hydrogen-bond donors (Lipinski definition) is 1. The predicted octanol–water partition coefficient (Wildman–Crippen LogP) is 9.39. The van der Waals surface area contributed by atoms with E-state index in [2.05, 4.69) is 36.3 Å². The highest BCUT2D eigenvalue weighted by molar-refractivity contribution is 7.86. The van der Waals surface area contributed by atoms with Gasteiger partial charge in [-0.05, 0) is 148 Å². The molecule has 2 heterocycles. The fourth-order valence-electron chi connectivity index (χ4n) is 10.0. The molecule has 3 aliphatic carbocycles. The lowest BCUT2D eigenvalue weighted by molar-refractivity contribution is -0.148. The van der Waals surface area contributed by atoms with E-state index in [1.54, 1.807) is 24.3 Å². The van der Waals surface area contributed by atoms with Crippen LogP contribution in [0.3, 0.4) is 0 Å². The topological polar surface area (TPSA) is 122 Å². The van der Waals surface area contributed by atoms with Crippen LogP contribution in [-0.4, -0.2) is 58.4 Å². The van der Waals surface area contributed by atoms with Gasteiger partial charge in [-0.15, -0.1) is 0 Å². The van der Waals surface area contributed by atoms with Gasteiger partial charge in [-0.3, -0.25) is 9.17 Å². The number of ether oxygens (including phenoxy) is 4. The Bertz CT molecular complexity index is 2270. The molecule has 1 spiro atoms. The number of fused-ring (bicyclic) bond motifs is 4. The molecule has 8 rings (SSSR count). The second-order valence-corrected chi connectivity index (χ2v) is 19.4. The number of aryl methyl sites for hydroxylation is 2. The van der Waals surface area contributed by atoms with E-state index in [1.165, 1.54) is 23.8 Å². The summed E-state index contributed by atoms with van der Waals surface area (Å²) in [6, 6.07) is 20.4. The zero-order chi connectivity index (χ0) is 41.4. The molecule has 0 saturated heterocycles. The van der Waals surface area contributed by atoms with Crippen LogP contribution in [0.2, 0.25) is 5.02 Å². The van der Waals surface area contributed by atoms with Crippen LogP contribution in [0.5, 0.6) is 17.2 Å². The molecule has 1 aromatic heterocycles. The maximum atomic E-state index is 13.7. The third kappa shape index (κ3) is 8.53. The number of rotatable bonds is 12. The minimum Gasteiger partial charge on any atom is -0.493 e. The van der Waals surface area contributed by atoms with E-state index >= 15 is 0 Å². The predicted molar refractivity (Wildman–Crippen MR) is 227 cm³/mol. The minimum absolute atomic E-state index is 0.0632. The van der Waals surface area contributed by atoms with Crippen LogP contribution in [0.4, 0.5) is 5.69 Å². The molecule has 0 bridgehead atoms. The highest BCUT2D eigenvalue weighted by Crippen LogP contribution is 2.58. The van der Waals surface area contributed by atoms with E-state index in [9.17, 15) is 13.2 Å². The van der Waals surface area contributed by atoms with Crippen molar-refractivity contribution in [2.24, 2.45) is 17.8 Å². The quantitative estimate of drug-likeness (QED) is 0.109. The van der Waals surface area contributed by atoms with Crippen LogP contribution in [0.1, 0.15) is 92.7 Å². The number of halogens is 1. The average molecular weight is 843 g/mol. The molecule has 4 aliphatic rings. The van der Waals surface area contributed by atoms with Gasteiger partial charge in [-0.2, -0.15) is 8.42 Å². The summed E-state index contributed by atoms with van der Waals surface area (Å²) in [5.41, 5.74) is 5.46. The Morgan fingerprint density at radius 3 is 2.49 bits per heavy atom. The maximum absolute atomic E-state index is 13.7. The summed E-state index contributed by atoms with van der Waals surface area (Å²) in [7, 11) is -2.48. The normalized spacial score (nSPS) is 25.3. The standard InChI is InChI=1S/C47H55ClN2O8S/c1-30-11-13-38(14-12-30)59(52,53)58-29-33-27-56-42-23-34-22-35(21-31(2)26-55-41-15-20-49-40-10-5-7-32(3)44(40)41)46(39(34)25-43(42)57-28-33)16-18-47(19-17-46,45(51)54-4)50-37-9-6-8-36(48)24-37/h6,8-9,11-15,20,23-25,31-33,35,50H,5,7,10,16-19,21-22,26-29H2,1-4H3/t31-,32-,33?,35+,46?,47?/m1/s1. The number of esters is 1. The van der Waals surface area contributed by atoms with E-state index < -0.39 is 15.7 Å². The molecule has 4 aromatic rings. The molecule has 0 radical (unpaired) electrons. The summed E-state index contributed by atoms with van der Waals surface area (Å²) >= 11 is 6.37. The van der Waals surface area contributed by atoms with Crippen LogP contribution in [0.15, 0.2) is 77.8 Å². The van der Waals surface area contributed by atoms with Crippen LogP contribution < -0.4 is 19.5 Å². The van der Waals surface area contributed by atoms with Gasteiger partial charge >= 0.3 is 5.97 Å². The molecule has 1 unspecified atom stereocenters. The van der Waals surface area contributed by atoms with E-state index in [1.807, 2.05) is 43.5 Å². The number of nitrogens with one attached hydrogen (secondary N) is 1. The zero-order valence-electron chi connectivity index (χ0n) is 34.4. The molecular formula is C47H55ClN2O8S. The number of carbonyl (C=O) groups is 1. The van der Waals surface area contributed by atoms with Gasteiger partial charge in [0, 0.05) is 28.2 Å². The number of benzene rings is 3. The SMILES string of the molecule is COC(=O)C1(Nc2cccc(Cl)c2)CCC2(CC1)c1cc3c(cc1C[C@@H]2C[C@@H](C)COc1ccnc2c1[C@H](C)CCC2)OCC(COS(=O)(=O)c1ccc(C)cc1)CO3. The average Bonchev–Trinajstić information content (AvgIpc) is 3.35. The Labute approximate surface area is 353 Å². The van der Waals surface area contributed by atoms with Crippen LogP contribution in [0, 0.1) is 24.7 Å². The first-order valence-corrected chi connectivity index (χ1v) is 22.8. The van der Waals surface area contributed by atoms with Gasteiger partial charge in [0.15, 0.2) is 11.5 Å². The highest BCUT2D eigenvalue weighted by atomic mass is 35.5. The molecular weight excluding hydrogens is 788 g/mol. The second-order valence-electron chi connectivity index (χ2n) is 17.4. The van der Waals surface area contributed by atoms with Crippen molar-refractivity contribution in [3.8, 4) is 17.2 Å². The van der Waals surface area contributed by atoms with Gasteiger partial charge in [-0.25, -0.2) is 4.79 Å². The molecule has 1 N–H and O–H groups in total. The van der Waals surface area contributed by atoms with Gasteiger partial charge in [0.1, 0.15) is 11.3 Å². The first-order chi connectivity index (χ1) is 28.4. The minimum atomic E-state index is -3.93. The van der Waals surface area contributed by atoms with E-state index in [0.717, 1.165) is 67.6 Å². The monoisotopic (exact) mass is 842 g/mol. The van der Waals surface area contributed by atoms with Crippen molar-refractivity contribution in [3.05, 3.63) is 106 Å². The molecule has 0 amide bonds. The lowest BCUT2D eigenvalue weighted by Gasteiger charge is -2.47. The third-order valence-electron chi connectivity index (χ3n) is 13.2. The fourth-order valence-corrected chi connectivity index (χ4v) is 11.2. The van der Waals surface area contributed by atoms with E-state index in [0.29, 0.717) is 41.9 Å². The van der Waals surface area contributed by atoms with Crippen molar-refractivity contribution in [2.75, 3.05) is 38.9 Å². The van der Waals surface area contributed by atoms with Crippen molar-refractivity contribution in [2.45, 2.75) is 100 Å². The number of hydrogen-bond acceptors (Lipinski definition) is 10. The Hall–Kier alpha value is -4.32. The van der Waals surface area contributed by atoms with Crippen LogP contribution >= 0.6 is 11.6 Å². The van der Waals surface area contributed by atoms with Gasteiger partial charge in [0.2, 0.25) is 0 Å². The molecule has 59 heavy (non-hydrogen) atoms. The Kier molecular flexibility index (Phi) is 11.9. The highest BCUT2D eigenvalue weighted by Gasteiger charge is 2.55. The van der Waals surface area contributed by atoms with Crippen molar-refractivity contribution in [1.82, 2.24) is 4.98 Å². The van der Waals surface area contributed by atoms with Gasteiger partial charge in [0.25, 0.3) is 10.1 Å². The summed E-state index contributed by atoms with van der Waals surface area (Å²) in [4.78, 5) is 18.5. The molecule has 12 heteroatoms. The van der Waals surface area contributed by atoms with Gasteiger partial charge < -0.3 is 24.3 Å². The molecule has 1 fully saturated rings. The summed E-state index contributed by atoms with van der Waals surface area (Å²) in [6.45, 7) is 7.49. The third-order valence-corrected chi connectivity index (χ3v) is 14.8. The molecule has 1 saturated carbocycles. The first kappa shape index (κ1) is 41.4. The van der Waals surface area contributed by atoms with Gasteiger partial charge in [-0.1, -0.05) is 49.2 Å². The zero-order valence-corrected chi connectivity index (χ0v) is 36.0. The number of pyridine rings is 1. The number of anilines is 1. The Morgan fingerprint density at radius 1 is 1.02 bits per heavy atom. The van der Waals surface area contributed by atoms with Crippen molar-refractivity contribution in [3.63, 3.8) is 0 Å². The first-order valence-electron chi connectivity index (χ1n) is 21.0. The molecule has 10 nitrogen and oxygen atoms in total. The van der Waals surface area contributed by atoms with Crippen LogP contribution in [-0.2, 0) is 42.1 Å². The van der Waals surface area contributed by atoms with Crippen molar-refractivity contribution < 1.29 is 36.3 Å². The van der Waals surface area contributed by atoms with Crippen molar-refractivity contribution >= 4 is 33.4 Å². The fraction of sp³-hybridized carbons (Fsp3) is 0.489. The van der Waals surface area contributed by atoms with Gasteiger partial charge in [0.05, 0.1) is 44.4 Å². The Morgan fingerprint density at radius 2 is 1.76 bits per heavy atom. The summed E-state index contributed by atoms with van der Waals surface area (Å²) in [5, 5.41) is 4.15. The number of methoxy groups -OCH3 is 1. The lowest BCUT2D eigenvalue weighted by Crippen LogP contribution is -2.53. The second kappa shape index (κ2) is 17.0. The summed E-state index contributed by atoms with van der Waals surface area (Å²) in [6.07, 6.45) is 9.61. The number of aromatic nitrogens is 1. The number of carbonyl (C=O) groups excluding carboxylic acids is 1. The van der Waals surface area contributed by atoms with Crippen molar-refractivity contribution in [1.29, 1.82) is 0 Å². The molecule has 314 valence electrons. The molecule has 3 aromatic carbocycles. The van der Waals surface area contributed by atoms with E-state index in [-0.39, 0.29) is 53.9 Å². The molecule has 1 aliphatic heterocycles. The number of nitrogens with zero attached hydrogens (tertiary/aromatic N) is 1. The van der Waals surface area contributed by atoms with E-state index in [4.69, 9.17) is 34.7 Å².